The fraction of sp³-hybridized carbons (Fsp3) is 0.205. The van der Waals surface area contributed by atoms with Gasteiger partial charge in [-0.2, -0.15) is 0 Å². The molecule has 0 radical (unpaired) electrons. The highest BCUT2D eigenvalue weighted by molar-refractivity contribution is 5.91. The zero-order valence-corrected chi connectivity index (χ0v) is 25.2. The summed E-state index contributed by atoms with van der Waals surface area (Å²) < 4.78 is 12.6. The molecule has 1 heterocycles. The summed E-state index contributed by atoms with van der Waals surface area (Å²) in [7, 11) is 0. The Hall–Kier alpha value is -4.83. The predicted molar refractivity (Wildman–Crippen MR) is 178 cm³/mol. The molecule has 1 unspecified atom stereocenters. The summed E-state index contributed by atoms with van der Waals surface area (Å²) >= 11 is 0. The van der Waals surface area contributed by atoms with Gasteiger partial charge in [-0.25, -0.2) is 0 Å². The molecule has 4 nitrogen and oxygen atoms in total. The van der Waals surface area contributed by atoms with Crippen molar-refractivity contribution in [1.82, 2.24) is 0 Å². The van der Waals surface area contributed by atoms with Crippen LogP contribution in [0.2, 0.25) is 0 Å². The smallest absolute Gasteiger partial charge is 0.161 e. The van der Waals surface area contributed by atoms with Crippen LogP contribution in [0.4, 0.5) is 0 Å². The van der Waals surface area contributed by atoms with Gasteiger partial charge in [-0.05, 0) is 60.1 Å². The number of carbonyl (C=O) groups is 1. The maximum absolute atomic E-state index is 12.0. The maximum atomic E-state index is 12.0. The molecule has 2 aliphatic carbocycles. The van der Waals surface area contributed by atoms with E-state index in [2.05, 4.69) is 82.0 Å². The molecule has 2 N–H and O–H groups in total. The zero-order valence-electron chi connectivity index (χ0n) is 25.2. The van der Waals surface area contributed by atoms with E-state index in [9.17, 15) is 4.79 Å². The molecule has 0 amide bonds. The van der Waals surface area contributed by atoms with Gasteiger partial charge in [0, 0.05) is 34.0 Å². The van der Waals surface area contributed by atoms with Crippen LogP contribution in [0, 0.1) is 6.92 Å². The van der Waals surface area contributed by atoms with Gasteiger partial charge in [-0.1, -0.05) is 111 Å². The zero-order chi connectivity index (χ0) is 30.4. The second-order valence-electron chi connectivity index (χ2n) is 11.5. The molecule has 0 saturated carbocycles. The van der Waals surface area contributed by atoms with Gasteiger partial charge in [0.15, 0.2) is 12.4 Å². The van der Waals surface area contributed by atoms with Crippen LogP contribution in [0.25, 0.3) is 28.2 Å². The fourth-order valence-corrected chi connectivity index (χ4v) is 5.73. The molecular weight excluding hydrogens is 530 g/mol. The van der Waals surface area contributed by atoms with Crippen LogP contribution in [0.1, 0.15) is 54.7 Å². The van der Waals surface area contributed by atoms with Crippen molar-refractivity contribution < 1.29 is 13.9 Å². The molecule has 0 aliphatic heterocycles. The van der Waals surface area contributed by atoms with Crippen LogP contribution in [0.15, 0.2) is 120 Å². The number of allylic oxidation sites excluding steroid dienone is 8. The van der Waals surface area contributed by atoms with Gasteiger partial charge in [0.05, 0.1) is 0 Å². The summed E-state index contributed by atoms with van der Waals surface area (Å²) in [5, 5.41) is 2.13. The van der Waals surface area contributed by atoms with E-state index < -0.39 is 6.10 Å². The van der Waals surface area contributed by atoms with Crippen molar-refractivity contribution in [3.8, 4) is 17.1 Å². The van der Waals surface area contributed by atoms with Crippen LogP contribution in [0.3, 0.4) is 0 Å². The van der Waals surface area contributed by atoms with Gasteiger partial charge in [-0.3, -0.25) is 4.79 Å². The highest BCUT2D eigenvalue weighted by Crippen LogP contribution is 2.50. The number of hydrogen-bond donors (Lipinski definition) is 1. The van der Waals surface area contributed by atoms with Crippen LogP contribution in [-0.4, -0.2) is 12.4 Å². The van der Waals surface area contributed by atoms with Gasteiger partial charge < -0.3 is 14.9 Å². The van der Waals surface area contributed by atoms with Crippen LogP contribution in [0.5, 0.6) is 5.75 Å². The van der Waals surface area contributed by atoms with Crippen molar-refractivity contribution in [2.75, 3.05) is 0 Å². The van der Waals surface area contributed by atoms with Gasteiger partial charge in [0.1, 0.15) is 17.3 Å². The van der Waals surface area contributed by atoms with Crippen LogP contribution in [-0.2, 0) is 16.6 Å². The lowest BCUT2D eigenvalue weighted by molar-refractivity contribution is -0.113. The van der Waals surface area contributed by atoms with Crippen molar-refractivity contribution in [3.05, 3.63) is 143 Å². The largest absolute Gasteiger partial charge is 0.482 e. The topological polar surface area (TPSA) is 65.5 Å². The normalized spacial score (nSPS) is 15.5. The summed E-state index contributed by atoms with van der Waals surface area (Å²) in [6, 6.07) is 20.6. The number of rotatable bonds is 8. The number of ether oxygens (including phenoxy) is 1. The van der Waals surface area contributed by atoms with Gasteiger partial charge in [-0.15, -0.1) is 0 Å². The third kappa shape index (κ3) is 6.49. The van der Waals surface area contributed by atoms with Crippen LogP contribution < -0.4 is 10.5 Å². The Morgan fingerprint density at radius 3 is 2.56 bits per heavy atom. The lowest BCUT2D eigenvalue weighted by Gasteiger charge is -2.20. The minimum atomic E-state index is -0.639. The predicted octanol–water partition coefficient (Wildman–Crippen LogP) is 9.17. The van der Waals surface area contributed by atoms with Crippen molar-refractivity contribution in [2.45, 2.75) is 51.6 Å². The summed E-state index contributed by atoms with van der Waals surface area (Å²) in [4.78, 5) is 12.0. The Bertz CT molecular complexity index is 1760. The Kier molecular flexibility index (Phi) is 8.96. The minimum Gasteiger partial charge on any atom is -0.482 e. The van der Waals surface area contributed by atoms with Crippen molar-refractivity contribution in [3.63, 3.8) is 0 Å². The summed E-state index contributed by atoms with van der Waals surface area (Å²) in [6.45, 7) is 10.2. The quantitative estimate of drug-likeness (QED) is 0.170. The number of nitrogens with two attached hydrogens (primary N) is 1. The van der Waals surface area contributed by atoms with E-state index in [0.717, 1.165) is 75.1 Å². The fourth-order valence-electron chi connectivity index (χ4n) is 5.73. The third-order valence-electron chi connectivity index (χ3n) is 8.02. The molecule has 2 aliphatic rings. The molecule has 1 aromatic heterocycles. The molecular formula is C39H39NO3. The number of benzene rings is 3. The number of carbonyl (C=O) groups excluding carboxylic acids is 1. The first-order valence-electron chi connectivity index (χ1n) is 14.8. The highest BCUT2D eigenvalue weighted by Gasteiger charge is 2.39. The molecule has 4 heteroatoms. The SMILES string of the molecule is C=C/C=C\C=C/c1ccc2c(c1)C(C)(C)c1cc(CC(C=O)Oc3cccc4cccc(C)c34)oc1-2.NC1=CC=CCC1. The molecule has 6 rings (SSSR count). The van der Waals surface area contributed by atoms with E-state index in [1.54, 1.807) is 6.08 Å². The molecule has 1 atom stereocenters. The lowest BCUT2D eigenvalue weighted by atomic mass is 9.82. The first kappa shape index (κ1) is 29.7. The summed E-state index contributed by atoms with van der Waals surface area (Å²) in [5.41, 5.74) is 12.0. The van der Waals surface area contributed by atoms with E-state index in [0.29, 0.717) is 6.42 Å². The Balaban J connectivity index is 0.000000463. The average molecular weight is 570 g/mol. The maximum Gasteiger partial charge on any atom is 0.161 e. The lowest BCUT2D eigenvalue weighted by Crippen LogP contribution is -2.21. The number of furan rings is 1. The van der Waals surface area contributed by atoms with Gasteiger partial charge >= 0.3 is 0 Å². The monoisotopic (exact) mass is 569 g/mol. The first-order chi connectivity index (χ1) is 20.8. The Morgan fingerprint density at radius 2 is 1.86 bits per heavy atom. The highest BCUT2D eigenvalue weighted by atomic mass is 16.5. The standard InChI is InChI=1S/C33H30O3.C6H9N/c1-5-6-7-8-12-23-16-17-27-28(18-23)33(3,4)29-20-25(36-32(27)29)19-26(21-34)35-30-15-10-14-24-13-9-11-22(2)31(24)30;7-6-4-2-1-3-5-6/h5-18,20-21,26H,1,19H2,2-4H3;1-2,4H,3,5,7H2/b7-6-,12-8-;. The van der Waals surface area contributed by atoms with E-state index in [-0.39, 0.29) is 5.41 Å². The summed E-state index contributed by atoms with van der Waals surface area (Å²) in [5.74, 6) is 2.36. The second kappa shape index (κ2) is 13.0. The number of aldehydes is 1. The van der Waals surface area contributed by atoms with Crippen molar-refractivity contribution in [1.29, 1.82) is 0 Å². The van der Waals surface area contributed by atoms with E-state index in [4.69, 9.17) is 14.9 Å². The molecule has 218 valence electrons. The average Bonchev–Trinajstić information content (AvgIpc) is 3.52. The van der Waals surface area contributed by atoms with E-state index in [1.807, 2.05) is 48.6 Å². The summed E-state index contributed by atoms with van der Waals surface area (Å²) in [6.07, 6.45) is 18.5. The van der Waals surface area contributed by atoms with Crippen molar-refractivity contribution in [2.24, 2.45) is 5.73 Å². The van der Waals surface area contributed by atoms with Gasteiger partial charge in [0.25, 0.3) is 0 Å². The van der Waals surface area contributed by atoms with Crippen molar-refractivity contribution >= 4 is 23.1 Å². The molecule has 0 spiro atoms. The Labute approximate surface area is 254 Å². The minimum absolute atomic E-state index is 0.197. The molecule has 4 aromatic rings. The molecule has 0 fully saturated rings. The third-order valence-corrected chi connectivity index (χ3v) is 8.02. The van der Waals surface area contributed by atoms with Gasteiger partial charge in [0.2, 0.25) is 0 Å². The number of aryl methyl sites for hydroxylation is 1. The molecule has 0 bridgehead atoms. The number of hydrogen-bond acceptors (Lipinski definition) is 4. The molecule has 0 saturated heterocycles. The second-order valence-corrected chi connectivity index (χ2v) is 11.5. The molecule has 43 heavy (non-hydrogen) atoms. The van der Waals surface area contributed by atoms with E-state index in [1.165, 1.54) is 5.56 Å². The van der Waals surface area contributed by atoms with Crippen LogP contribution >= 0.6 is 0 Å². The number of fused-ring (bicyclic) bond motifs is 4. The van der Waals surface area contributed by atoms with E-state index >= 15 is 0 Å². The molecule has 3 aromatic carbocycles. The first-order valence-corrected chi connectivity index (χ1v) is 14.8. The Morgan fingerprint density at radius 1 is 1.05 bits per heavy atom.